The highest BCUT2D eigenvalue weighted by Crippen LogP contribution is 2.36. The average molecular weight is 409 g/mol. The van der Waals surface area contributed by atoms with Crippen molar-refractivity contribution < 1.29 is 18.8 Å². The molecule has 0 atom stereocenters. The summed E-state index contributed by atoms with van der Waals surface area (Å²) in [4.78, 5) is 11.8. The highest BCUT2D eigenvalue weighted by atomic mass is 16.7. The van der Waals surface area contributed by atoms with Gasteiger partial charge in [-0.1, -0.05) is 48.5 Å². The second kappa shape index (κ2) is 8.08. The second-order valence-corrected chi connectivity index (χ2v) is 9.76. The van der Waals surface area contributed by atoms with Crippen LogP contribution in [0.5, 0.6) is 0 Å². The number of rotatable bonds is 4. The predicted molar refractivity (Wildman–Crippen MR) is 121 cm³/mol. The van der Waals surface area contributed by atoms with Crippen LogP contribution in [0, 0.1) is 0 Å². The van der Waals surface area contributed by atoms with E-state index in [0.29, 0.717) is 6.54 Å². The summed E-state index contributed by atoms with van der Waals surface area (Å²) in [5, 5.41) is 2.78. The van der Waals surface area contributed by atoms with Gasteiger partial charge in [0.2, 0.25) is 0 Å². The molecule has 3 rings (SSSR count). The number of amides is 1. The topological polar surface area (TPSA) is 56.8 Å². The Morgan fingerprint density at radius 1 is 0.900 bits per heavy atom. The molecule has 1 N–H and O–H groups in total. The highest BCUT2D eigenvalue weighted by molar-refractivity contribution is 6.62. The predicted octanol–water partition coefficient (Wildman–Crippen LogP) is 4.68. The molecule has 0 bridgehead atoms. The number of ether oxygens (including phenoxy) is 1. The van der Waals surface area contributed by atoms with E-state index in [-0.39, 0.29) is 18.3 Å². The summed E-state index contributed by atoms with van der Waals surface area (Å²) in [7, 11) is -0.356. The van der Waals surface area contributed by atoms with Crippen LogP contribution in [0.25, 0.3) is 11.1 Å². The maximum Gasteiger partial charge on any atom is 0.494 e. The van der Waals surface area contributed by atoms with E-state index in [1.54, 1.807) is 0 Å². The van der Waals surface area contributed by atoms with Gasteiger partial charge in [-0.25, -0.2) is 4.79 Å². The number of alkyl carbamates (subject to hydrolysis) is 1. The van der Waals surface area contributed by atoms with Gasteiger partial charge in [-0.15, -0.1) is 0 Å². The van der Waals surface area contributed by atoms with E-state index in [4.69, 9.17) is 14.0 Å². The molecule has 1 aliphatic rings. The van der Waals surface area contributed by atoms with Gasteiger partial charge in [-0.3, -0.25) is 0 Å². The zero-order chi connectivity index (χ0) is 22.2. The van der Waals surface area contributed by atoms with Crippen LogP contribution >= 0.6 is 0 Å². The van der Waals surface area contributed by atoms with Gasteiger partial charge in [0.1, 0.15) is 5.60 Å². The van der Waals surface area contributed by atoms with Crippen molar-refractivity contribution in [1.82, 2.24) is 5.32 Å². The van der Waals surface area contributed by atoms with Gasteiger partial charge in [0, 0.05) is 6.54 Å². The molecule has 1 fully saturated rings. The Morgan fingerprint density at radius 2 is 1.37 bits per heavy atom. The molecule has 0 aliphatic carbocycles. The fourth-order valence-corrected chi connectivity index (χ4v) is 3.12. The Kier molecular flexibility index (Phi) is 6.03. The molecular weight excluding hydrogens is 377 g/mol. The molecule has 5 nitrogen and oxygen atoms in total. The van der Waals surface area contributed by atoms with Gasteiger partial charge in [-0.2, -0.15) is 0 Å². The zero-order valence-electron chi connectivity index (χ0n) is 19.0. The van der Waals surface area contributed by atoms with Crippen LogP contribution in [0.2, 0.25) is 0 Å². The number of hydrogen-bond acceptors (Lipinski definition) is 4. The Labute approximate surface area is 180 Å². The fraction of sp³-hybridized carbons (Fsp3) is 0.458. The van der Waals surface area contributed by atoms with E-state index >= 15 is 0 Å². The smallest absolute Gasteiger partial charge is 0.444 e. The summed E-state index contributed by atoms with van der Waals surface area (Å²) in [6.45, 7) is 14.2. The lowest BCUT2D eigenvalue weighted by atomic mass is 9.78. The van der Waals surface area contributed by atoms with E-state index < -0.39 is 11.7 Å². The van der Waals surface area contributed by atoms with Crippen molar-refractivity contribution in [3.63, 3.8) is 0 Å². The number of nitrogens with one attached hydrogen (secondary N) is 1. The Hall–Kier alpha value is -2.31. The first-order valence-corrected chi connectivity index (χ1v) is 10.4. The van der Waals surface area contributed by atoms with Gasteiger partial charge in [0.25, 0.3) is 0 Å². The maximum atomic E-state index is 11.8. The Morgan fingerprint density at radius 3 is 1.83 bits per heavy atom. The first-order chi connectivity index (χ1) is 13.9. The van der Waals surface area contributed by atoms with Crippen molar-refractivity contribution in [2.45, 2.75) is 71.8 Å². The quantitative estimate of drug-likeness (QED) is 0.746. The van der Waals surface area contributed by atoms with Crippen molar-refractivity contribution in [3.05, 3.63) is 54.1 Å². The normalized spacial score (nSPS) is 17.6. The monoisotopic (exact) mass is 409 g/mol. The van der Waals surface area contributed by atoms with Gasteiger partial charge < -0.3 is 19.4 Å². The van der Waals surface area contributed by atoms with Crippen molar-refractivity contribution >= 4 is 18.7 Å². The van der Waals surface area contributed by atoms with Crippen LogP contribution in [-0.2, 0) is 20.6 Å². The molecule has 1 saturated heterocycles. The van der Waals surface area contributed by atoms with E-state index in [2.05, 4.69) is 69.4 Å². The van der Waals surface area contributed by atoms with E-state index in [1.165, 1.54) is 0 Å². The van der Waals surface area contributed by atoms with Crippen molar-refractivity contribution in [2.24, 2.45) is 0 Å². The molecular formula is C24H32BNO4. The second-order valence-electron chi connectivity index (χ2n) is 9.76. The largest absolute Gasteiger partial charge is 0.494 e. The minimum absolute atomic E-state index is 0.348. The number of benzene rings is 2. The molecule has 2 aromatic rings. The number of carbonyl (C=O) groups excluding carboxylic acids is 1. The van der Waals surface area contributed by atoms with Crippen LogP contribution in [-0.4, -0.2) is 30.0 Å². The molecule has 0 saturated carbocycles. The summed E-state index contributed by atoms with van der Waals surface area (Å²) in [6, 6.07) is 16.4. The standard InChI is InChI=1S/C24H32BNO4/c1-22(2,3)28-21(27)26-16-17-8-10-18(11-9-17)19-12-14-20(15-13-19)25-29-23(4,5)24(6,7)30-25/h8-15H,16H2,1-7H3,(H,26,27). The first-order valence-electron chi connectivity index (χ1n) is 10.4. The maximum absolute atomic E-state index is 11.8. The van der Waals surface area contributed by atoms with Crippen molar-refractivity contribution in [2.75, 3.05) is 0 Å². The van der Waals surface area contributed by atoms with Crippen LogP contribution in [0.3, 0.4) is 0 Å². The molecule has 0 unspecified atom stereocenters. The third kappa shape index (κ3) is 5.24. The summed E-state index contributed by atoms with van der Waals surface area (Å²) in [6.07, 6.45) is -0.412. The third-order valence-electron chi connectivity index (χ3n) is 5.56. The zero-order valence-corrected chi connectivity index (χ0v) is 19.0. The van der Waals surface area contributed by atoms with Gasteiger partial charge >= 0.3 is 13.2 Å². The Balaban J connectivity index is 1.61. The van der Waals surface area contributed by atoms with Crippen LogP contribution in [0.1, 0.15) is 54.0 Å². The van der Waals surface area contributed by atoms with Crippen molar-refractivity contribution in [1.29, 1.82) is 0 Å². The Bertz CT molecular complexity index is 867. The van der Waals surface area contributed by atoms with Crippen molar-refractivity contribution in [3.8, 4) is 11.1 Å². The molecule has 1 heterocycles. The summed E-state index contributed by atoms with van der Waals surface area (Å²) >= 11 is 0. The van der Waals surface area contributed by atoms with Gasteiger partial charge in [-0.05, 0) is 70.6 Å². The number of hydrogen-bond donors (Lipinski definition) is 1. The van der Waals surface area contributed by atoms with Gasteiger partial charge in [0.15, 0.2) is 0 Å². The molecule has 1 aliphatic heterocycles. The third-order valence-corrected chi connectivity index (χ3v) is 5.56. The summed E-state index contributed by atoms with van der Waals surface area (Å²) in [5.41, 5.74) is 3.05. The van der Waals surface area contributed by atoms with Crippen LogP contribution in [0.4, 0.5) is 4.79 Å². The molecule has 30 heavy (non-hydrogen) atoms. The van der Waals surface area contributed by atoms with E-state index in [1.807, 2.05) is 32.9 Å². The highest BCUT2D eigenvalue weighted by Gasteiger charge is 2.51. The molecule has 6 heteroatoms. The summed E-state index contributed by atoms with van der Waals surface area (Å²) in [5.74, 6) is 0. The van der Waals surface area contributed by atoms with Gasteiger partial charge in [0.05, 0.1) is 11.2 Å². The minimum Gasteiger partial charge on any atom is -0.444 e. The van der Waals surface area contributed by atoms with Crippen LogP contribution in [0.15, 0.2) is 48.5 Å². The SMILES string of the molecule is CC(C)(C)OC(=O)NCc1ccc(-c2ccc(B3OC(C)(C)C(C)(C)O3)cc2)cc1. The fourth-order valence-electron chi connectivity index (χ4n) is 3.12. The lowest BCUT2D eigenvalue weighted by molar-refractivity contribution is 0.00578. The van der Waals surface area contributed by atoms with Crippen LogP contribution < -0.4 is 10.8 Å². The average Bonchev–Trinajstić information content (AvgIpc) is 2.87. The van der Waals surface area contributed by atoms with E-state index in [9.17, 15) is 4.79 Å². The lowest BCUT2D eigenvalue weighted by Gasteiger charge is -2.32. The molecule has 0 aromatic heterocycles. The lowest BCUT2D eigenvalue weighted by Crippen LogP contribution is -2.41. The molecule has 0 radical (unpaired) electrons. The number of carbonyl (C=O) groups is 1. The van der Waals surface area contributed by atoms with E-state index in [0.717, 1.165) is 22.2 Å². The molecule has 1 amide bonds. The molecule has 2 aromatic carbocycles. The molecule has 0 spiro atoms. The minimum atomic E-state index is -0.500. The summed E-state index contributed by atoms with van der Waals surface area (Å²) < 4.78 is 17.5. The first kappa shape index (κ1) is 22.4. The molecule has 160 valence electrons.